The van der Waals surface area contributed by atoms with E-state index in [-0.39, 0.29) is 16.8 Å². The summed E-state index contributed by atoms with van der Waals surface area (Å²) in [4.78, 5) is 31.3. The Balaban J connectivity index is 2.56. The van der Waals surface area contributed by atoms with E-state index in [2.05, 4.69) is 24.5 Å². The Hall–Kier alpha value is -1.80. The van der Waals surface area contributed by atoms with E-state index in [0.717, 1.165) is 0 Å². The molecule has 0 spiro atoms. The lowest BCUT2D eigenvalue weighted by Crippen LogP contribution is -2.41. The number of hydrogen-bond acceptors (Lipinski definition) is 7. The van der Waals surface area contributed by atoms with Crippen LogP contribution in [0, 0.1) is 0 Å². The fourth-order valence-electron chi connectivity index (χ4n) is 3.26. The van der Waals surface area contributed by atoms with Crippen molar-refractivity contribution in [2.24, 2.45) is 0 Å². The van der Waals surface area contributed by atoms with Crippen LogP contribution in [0.1, 0.15) is 17.1 Å². The highest BCUT2D eigenvalue weighted by molar-refractivity contribution is 6.68. The van der Waals surface area contributed by atoms with Gasteiger partial charge in [-0.25, -0.2) is 24.2 Å². The van der Waals surface area contributed by atoms with E-state index in [9.17, 15) is 49.1 Å². The summed E-state index contributed by atoms with van der Waals surface area (Å²) < 4.78 is 128. The number of fused-ring (bicyclic) bond motifs is 1. The number of rotatable bonds is 4. The molecule has 2 aromatic heterocycles. The summed E-state index contributed by atoms with van der Waals surface area (Å²) in [7, 11) is 0. The van der Waals surface area contributed by atoms with Crippen LogP contribution in [-0.2, 0) is 28.0 Å². The number of carbonyl (C=O) groups is 2. The molecule has 3 aromatic rings. The van der Waals surface area contributed by atoms with E-state index in [4.69, 9.17) is 92.8 Å². The minimum atomic E-state index is -5.84. The maximum Gasteiger partial charge on any atom is 0.451 e. The lowest BCUT2D eigenvalue weighted by molar-refractivity contribution is -0.151. The van der Waals surface area contributed by atoms with Crippen molar-refractivity contribution in [2.75, 3.05) is 18.1 Å². The zero-order valence-corrected chi connectivity index (χ0v) is 26.9. The van der Waals surface area contributed by atoms with Gasteiger partial charge in [-0.3, -0.25) is 0 Å². The molecule has 2 heterocycles. The smallest absolute Gasteiger partial charge is 0.444 e. The van der Waals surface area contributed by atoms with Gasteiger partial charge in [0.25, 0.3) is 0 Å². The second-order valence-corrected chi connectivity index (χ2v) is 14.1. The van der Waals surface area contributed by atoms with Gasteiger partial charge in [0, 0.05) is 0 Å². The van der Waals surface area contributed by atoms with Crippen molar-refractivity contribution in [3.8, 4) is 5.69 Å². The Morgan fingerprint density at radius 2 is 1.20 bits per heavy atom. The number of anilines is 1. The molecule has 0 saturated carbocycles. The molecule has 3 rings (SSSR count). The van der Waals surface area contributed by atoms with Gasteiger partial charge in [0.05, 0.1) is 21.0 Å². The van der Waals surface area contributed by atoms with Crippen LogP contribution in [0.4, 0.5) is 54.9 Å². The summed E-state index contributed by atoms with van der Waals surface area (Å²) in [5, 5.41) is -0.360. The predicted octanol–water partition coefficient (Wildman–Crippen LogP) is 10.00. The largest absolute Gasteiger partial charge is 0.451 e. The van der Waals surface area contributed by atoms with Crippen LogP contribution in [0.15, 0.2) is 12.1 Å². The summed E-state index contributed by atoms with van der Waals surface area (Å²) in [5.74, 6) is -4.01. The minimum Gasteiger partial charge on any atom is -0.444 e. The van der Waals surface area contributed by atoms with Crippen molar-refractivity contribution in [3.05, 3.63) is 39.3 Å². The molecule has 9 nitrogen and oxygen atoms in total. The van der Waals surface area contributed by atoms with Crippen molar-refractivity contribution in [1.82, 2.24) is 19.7 Å². The summed E-state index contributed by atoms with van der Waals surface area (Å²) in [6.07, 6.45) is -20.8. The molecule has 0 unspecified atom stereocenters. The first-order chi connectivity index (χ1) is 20.6. The van der Waals surface area contributed by atoms with E-state index < -0.39 is 106 Å². The van der Waals surface area contributed by atoms with Gasteiger partial charge in [-0.2, -0.15) is 44.4 Å². The molecule has 2 amide bonds. The molecule has 26 heteroatoms. The van der Waals surface area contributed by atoms with Gasteiger partial charge in [0.1, 0.15) is 18.9 Å². The highest BCUT2D eigenvalue weighted by Gasteiger charge is 2.46. The fourth-order valence-corrected chi connectivity index (χ4v) is 4.24. The van der Waals surface area contributed by atoms with Gasteiger partial charge in [-0.1, -0.05) is 92.8 Å². The summed E-state index contributed by atoms with van der Waals surface area (Å²) in [6, 6.07) is 0.367. The van der Waals surface area contributed by atoms with E-state index in [1.807, 2.05) is 0 Å². The highest BCUT2D eigenvalue weighted by Crippen LogP contribution is 2.44. The van der Waals surface area contributed by atoms with Crippen LogP contribution < -0.4 is 4.90 Å². The third-order valence-corrected chi connectivity index (χ3v) is 6.11. The predicted molar refractivity (Wildman–Crippen MR) is 147 cm³/mol. The first kappa shape index (κ1) is 38.6. The molecule has 0 aliphatic rings. The molecule has 0 fully saturated rings. The van der Waals surface area contributed by atoms with Gasteiger partial charge < -0.3 is 9.47 Å². The Morgan fingerprint density at radius 3 is 1.57 bits per heavy atom. The molecule has 0 bridgehead atoms. The normalized spacial score (nSPS) is 13.2. The van der Waals surface area contributed by atoms with Crippen LogP contribution in [0.5, 0.6) is 0 Å². The summed E-state index contributed by atoms with van der Waals surface area (Å²) in [6.45, 7) is -2.47. The van der Waals surface area contributed by atoms with Crippen molar-refractivity contribution in [1.29, 1.82) is 0 Å². The maximum absolute atomic E-state index is 14.3. The molecule has 46 heavy (non-hydrogen) atoms. The molecule has 0 aliphatic carbocycles. The van der Waals surface area contributed by atoms with Gasteiger partial charge in [0.2, 0.25) is 13.4 Å². The number of hydrogen-bond donors (Lipinski definition) is 0. The minimum absolute atomic E-state index is 0.0350. The quantitative estimate of drug-likeness (QED) is 0.191. The first-order valence-corrected chi connectivity index (χ1v) is 13.9. The second kappa shape index (κ2) is 13.2. The monoisotopic (exact) mass is 831 g/mol. The number of halogens is 17. The molecule has 0 radical (unpaired) electrons. The van der Waals surface area contributed by atoms with Crippen LogP contribution in [0.2, 0.25) is 10.0 Å². The average Bonchev–Trinajstić information content (AvgIpc) is 3.21. The van der Waals surface area contributed by atoms with E-state index >= 15 is 0 Å². The molecule has 0 aliphatic heterocycles. The summed E-state index contributed by atoms with van der Waals surface area (Å²) in [5.41, 5.74) is -6.57. The average molecular weight is 835 g/mol. The lowest BCUT2D eigenvalue weighted by atomic mass is 10.2. The van der Waals surface area contributed by atoms with E-state index in [1.54, 1.807) is 0 Å². The van der Waals surface area contributed by atoms with Crippen LogP contribution in [-0.4, -0.2) is 52.7 Å². The Bertz CT molecular complexity index is 1620. The lowest BCUT2D eigenvalue weighted by Gasteiger charge is -2.24. The molecular weight excluding hydrogens is 829 g/mol. The SMILES string of the molecule is O=C(OCC(Cl)(Cl)Cl)N(C(=O)OCC(Cl)(Cl)Cl)c1c2c(C(F)(F)F)nc(C(F)(F)F)nc2nn1-c1c(Cl)cc(C(F)(F)F)cc1Cl. The fraction of sp³-hybridized carbons (Fsp3) is 0.350. The number of carbonyl (C=O) groups excluding carboxylic acids is 2. The van der Waals surface area contributed by atoms with Crippen molar-refractivity contribution >= 4 is 122 Å². The van der Waals surface area contributed by atoms with E-state index in [0.29, 0.717) is 0 Å². The van der Waals surface area contributed by atoms with Crippen molar-refractivity contribution in [2.45, 2.75) is 26.1 Å². The number of alkyl halides is 15. The number of benzene rings is 1. The Morgan fingerprint density at radius 1 is 0.739 bits per heavy atom. The topological polar surface area (TPSA) is 99.4 Å². The molecule has 254 valence electrons. The van der Waals surface area contributed by atoms with Crippen molar-refractivity contribution < 1.29 is 58.6 Å². The highest BCUT2D eigenvalue weighted by atomic mass is 35.6. The van der Waals surface area contributed by atoms with Gasteiger partial charge in [-0.05, 0) is 12.1 Å². The third-order valence-electron chi connectivity index (χ3n) is 4.88. The standard InChI is InChI=1S/C20H6Cl8F9N5O4/c21-6-1-5(18(29,30)31)2-7(22)9(6)42-12(8-10(19(32,33)34)38-13(20(35,36)37)39-11(8)40-42)41(14(43)45-3-16(23,24)25)15(44)46-4-17(26,27)28/h1-2H,3-4H2. The van der Waals surface area contributed by atoms with Crippen LogP contribution >= 0.6 is 92.8 Å². The third kappa shape index (κ3) is 9.21. The molecule has 0 atom stereocenters. The second-order valence-electron chi connectivity index (χ2n) is 8.29. The molecule has 1 aromatic carbocycles. The molecule has 0 N–H and O–H groups in total. The zero-order chi connectivity index (χ0) is 35.4. The number of imide groups is 1. The number of nitrogens with zero attached hydrogens (tertiary/aromatic N) is 5. The maximum atomic E-state index is 14.3. The van der Waals surface area contributed by atoms with Crippen molar-refractivity contribution in [3.63, 3.8) is 0 Å². The van der Waals surface area contributed by atoms with Crippen LogP contribution in [0.3, 0.4) is 0 Å². The number of ether oxygens (including phenoxy) is 2. The van der Waals surface area contributed by atoms with Gasteiger partial charge in [0.15, 0.2) is 17.2 Å². The van der Waals surface area contributed by atoms with E-state index in [1.165, 1.54) is 0 Å². The van der Waals surface area contributed by atoms with Crippen LogP contribution in [0.25, 0.3) is 16.7 Å². The zero-order valence-electron chi connectivity index (χ0n) is 20.9. The van der Waals surface area contributed by atoms with Gasteiger partial charge in [-0.15, -0.1) is 5.10 Å². The molecular formula is C20H6Cl8F9N5O4. The molecule has 0 saturated heterocycles. The number of amides is 2. The number of aromatic nitrogens is 4. The van der Waals surface area contributed by atoms with Gasteiger partial charge >= 0.3 is 30.7 Å². The summed E-state index contributed by atoms with van der Waals surface area (Å²) >= 11 is 45.0. The first-order valence-electron chi connectivity index (χ1n) is 10.9. The Labute approximate surface area is 288 Å². The Kier molecular flexibility index (Phi) is 11.1.